The van der Waals surface area contributed by atoms with Crippen LogP contribution in [0.5, 0.6) is 11.8 Å². The molecule has 1 aliphatic carbocycles. The van der Waals surface area contributed by atoms with Crippen molar-refractivity contribution in [3.05, 3.63) is 59.2 Å². The molecule has 4 rings (SSSR count). The minimum Gasteiger partial charge on any atom is -0.422 e. The van der Waals surface area contributed by atoms with Crippen LogP contribution < -0.4 is 4.74 Å². The van der Waals surface area contributed by atoms with E-state index in [4.69, 9.17) is 4.74 Å². The number of nitrogens with zero attached hydrogens (tertiary/aromatic N) is 4. The zero-order valence-electron chi connectivity index (χ0n) is 13.3. The Morgan fingerprint density at radius 1 is 1.08 bits per heavy atom. The van der Waals surface area contributed by atoms with Gasteiger partial charge in [0.1, 0.15) is 5.75 Å². The van der Waals surface area contributed by atoms with Gasteiger partial charge in [0.05, 0.1) is 11.3 Å². The molecule has 0 amide bonds. The van der Waals surface area contributed by atoms with Crippen molar-refractivity contribution < 1.29 is 9.53 Å². The van der Waals surface area contributed by atoms with Crippen molar-refractivity contribution in [1.29, 1.82) is 0 Å². The van der Waals surface area contributed by atoms with Gasteiger partial charge < -0.3 is 4.74 Å². The van der Waals surface area contributed by atoms with Gasteiger partial charge in [-0.15, -0.1) is 0 Å². The fourth-order valence-electron chi connectivity index (χ4n) is 3.07. The van der Waals surface area contributed by atoms with E-state index < -0.39 is 0 Å². The molecule has 0 radical (unpaired) electrons. The van der Waals surface area contributed by atoms with Crippen LogP contribution in [0.2, 0.25) is 0 Å². The number of Topliss-reactive ketones (excluding diaryl/α,β-unsaturated/α-hetero) is 1. The molecule has 0 spiro atoms. The van der Waals surface area contributed by atoms with Crippen molar-refractivity contribution >= 4 is 5.78 Å². The molecule has 24 heavy (non-hydrogen) atoms. The number of fused-ring (bicyclic) bond motifs is 1. The Morgan fingerprint density at radius 2 is 1.92 bits per heavy atom. The summed E-state index contributed by atoms with van der Waals surface area (Å²) in [5, 5.41) is 11.6. The minimum atomic E-state index is 0.119. The molecule has 1 aromatic heterocycles. The molecule has 0 bridgehead atoms. The maximum atomic E-state index is 12.4. The van der Waals surface area contributed by atoms with E-state index in [2.05, 4.69) is 15.5 Å². The highest BCUT2D eigenvalue weighted by atomic mass is 16.5. The van der Waals surface area contributed by atoms with E-state index in [-0.39, 0.29) is 11.8 Å². The van der Waals surface area contributed by atoms with Gasteiger partial charge in [-0.2, -0.15) is 4.68 Å². The van der Waals surface area contributed by atoms with E-state index in [1.54, 1.807) is 0 Å². The summed E-state index contributed by atoms with van der Waals surface area (Å²) in [5.41, 5.74) is 3.66. The Labute approximate surface area is 139 Å². The standard InChI is InChI=1S/C18H16N4O2/c1-12-10-11-16(17-14(12)8-5-9-15(17)23)24-18-19-20-21-22(18)13-6-3-2-4-7-13/h2-4,6-7,10-11H,5,8-9H2,1H3. The molecule has 120 valence electrons. The fourth-order valence-corrected chi connectivity index (χ4v) is 3.07. The second-order valence-electron chi connectivity index (χ2n) is 5.82. The van der Waals surface area contributed by atoms with Crippen LogP contribution in [0, 0.1) is 6.92 Å². The zero-order valence-corrected chi connectivity index (χ0v) is 13.3. The average molecular weight is 320 g/mol. The monoisotopic (exact) mass is 320 g/mol. The number of para-hydroxylation sites is 1. The number of aromatic nitrogens is 4. The maximum absolute atomic E-state index is 12.4. The third kappa shape index (κ3) is 2.46. The van der Waals surface area contributed by atoms with Crippen LogP contribution in [0.1, 0.15) is 34.3 Å². The van der Waals surface area contributed by atoms with Crippen molar-refractivity contribution in [3.63, 3.8) is 0 Å². The topological polar surface area (TPSA) is 69.9 Å². The van der Waals surface area contributed by atoms with Gasteiger partial charge in [0.25, 0.3) is 0 Å². The first kappa shape index (κ1) is 14.6. The lowest BCUT2D eigenvalue weighted by Gasteiger charge is -2.20. The van der Waals surface area contributed by atoms with Crippen LogP contribution in [0.4, 0.5) is 0 Å². The summed E-state index contributed by atoms with van der Waals surface area (Å²) in [5.74, 6) is 0.640. The van der Waals surface area contributed by atoms with Gasteiger partial charge in [-0.1, -0.05) is 29.4 Å². The fraction of sp³-hybridized carbons (Fsp3) is 0.222. The Kier molecular flexibility index (Phi) is 3.57. The number of hydrogen-bond donors (Lipinski definition) is 0. The van der Waals surface area contributed by atoms with E-state index in [1.807, 2.05) is 49.4 Å². The van der Waals surface area contributed by atoms with Crippen LogP contribution in [-0.4, -0.2) is 26.0 Å². The number of hydrogen-bond acceptors (Lipinski definition) is 5. The first-order valence-corrected chi connectivity index (χ1v) is 7.91. The quantitative estimate of drug-likeness (QED) is 0.740. The third-order valence-corrected chi connectivity index (χ3v) is 4.26. The number of aryl methyl sites for hydroxylation is 1. The summed E-state index contributed by atoms with van der Waals surface area (Å²) in [4.78, 5) is 12.4. The van der Waals surface area contributed by atoms with Crippen molar-refractivity contribution in [1.82, 2.24) is 20.2 Å². The lowest BCUT2D eigenvalue weighted by atomic mass is 9.87. The molecule has 1 heterocycles. The molecular weight excluding hydrogens is 304 g/mol. The summed E-state index contributed by atoms with van der Waals surface area (Å²) >= 11 is 0. The SMILES string of the molecule is Cc1ccc(Oc2nnnn2-c2ccccc2)c2c1CCCC2=O. The van der Waals surface area contributed by atoms with E-state index in [9.17, 15) is 4.79 Å². The molecule has 0 unspecified atom stereocenters. The molecule has 6 heteroatoms. The van der Waals surface area contributed by atoms with Crippen molar-refractivity contribution in [3.8, 4) is 17.4 Å². The summed E-state index contributed by atoms with van der Waals surface area (Å²) in [7, 11) is 0. The summed E-state index contributed by atoms with van der Waals surface area (Å²) in [6.45, 7) is 2.02. The van der Waals surface area contributed by atoms with E-state index in [1.165, 1.54) is 4.68 Å². The molecule has 3 aromatic rings. The lowest BCUT2D eigenvalue weighted by Crippen LogP contribution is -2.14. The summed E-state index contributed by atoms with van der Waals surface area (Å²) < 4.78 is 7.45. The maximum Gasteiger partial charge on any atom is 0.345 e. The van der Waals surface area contributed by atoms with Crippen LogP contribution in [0.3, 0.4) is 0 Å². The molecular formula is C18H16N4O2. The van der Waals surface area contributed by atoms with Gasteiger partial charge in [0, 0.05) is 6.42 Å². The number of carbonyl (C=O) groups excluding carboxylic acids is 1. The molecule has 0 atom stereocenters. The predicted octanol–water partition coefficient (Wildman–Crippen LogP) is 3.28. The van der Waals surface area contributed by atoms with Gasteiger partial charge in [-0.05, 0) is 59.5 Å². The Morgan fingerprint density at radius 3 is 2.75 bits per heavy atom. The van der Waals surface area contributed by atoms with E-state index in [0.717, 1.165) is 29.7 Å². The second kappa shape index (κ2) is 5.88. The highest BCUT2D eigenvalue weighted by Gasteiger charge is 2.24. The van der Waals surface area contributed by atoms with Gasteiger partial charge in [-0.3, -0.25) is 4.79 Å². The predicted molar refractivity (Wildman–Crippen MR) is 87.7 cm³/mol. The number of ketones is 1. The second-order valence-corrected chi connectivity index (χ2v) is 5.82. The molecule has 1 aliphatic rings. The lowest BCUT2D eigenvalue weighted by molar-refractivity contribution is 0.0969. The van der Waals surface area contributed by atoms with Crippen molar-refractivity contribution in [2.45, 2.75) is 26.2 Å². The Hall–Kier alpha value is -3.02. The molecule has 0 N–H and O–H groups in total. The van der Waals surface area contributed by atoms with Gasteiger partial charge in [0.2, 0.25) is 0 Å². The van der Waals surface area contributed by atoms with Crippen molar-refractivity contribution in [2.24, 2.45) is 0 Å². The van der Waals surface area contributed by atoms with E-state index in [0.29, 0.717) is 17.7 Å². The summed E-state index contributed by atoms with van der Waals surface area (Å²) in [6.07, 6.45) is 2.34. The first-order chi connectivity index (χ1) is 11.7. The van der Waals surface area contributed by atoms with Gasteiger partial charge >= 0.3 is 6.01 Å². The molecule has 0 saturated heterocycles. The first-order valence-electron chi connectivity index (χ1n) is 7.91. The number of ether oxygens (including phenoxy) is 1. The molecule has 0 saturated carbocycles. The number of tetrazole rings is 1. The molecule has 2 aromatic carbocycles. The highest BCUT2D eigenvalue weighted by molar-refractivity contribution is 6.01. The summed E-state index contributed by atoms with van der Waals surface area (Å²) in [6, 6.07) is 13.5. The van der Waals surface area contributed by atoms with Crippen LogP contribution >= 0.6 is 0 Å². The number of rotatable bonds is 3. The normalized spacial score (nSPS) is 13.6. The number of benzene rings is 2. The van der Waals surface area contributed by atoms with Gasteiger partial charge in [0.15, 0.2) is 5.78 Å². The number of carbonyl (C=O) groups is 1. The van der Waals surface area contributed by atoms with Gasteiger partial charge in [-0.25, -0.2) is 0 Å². The Balaban J connectivity index is 1.76. The molecule has 0 fully saturated rings. The smallest absolute Gasteiger partial charge is 0.345 e. The highest BCUT2D eigenvalue weighted by Crippen LogP contribution is 2.34. The Bertz CT molecular complexity index is 903. The van der Waals surface area contributed by atoms with Crippen LogP contribution in [0.25, 0.3) is 5.69 Å². The molecule has 0 aliphatic heterocycles. The average Bonchev–Trinajstić information content (AvgIpc) is 3.07. The van der Waals surface area contributed by atoms with Crippen molar-refractivity contribution in [2.75, 3.05) is 0 Å². The largest absolute Gasteiger partial charge is 0.422 e. The third-order valence-electron chi connectivity index (χ3n) is 4.26. The van der Waals surface area contributed by atoms with Crippen LogP contribution in [-0.2, 0) is 6.42 Å². The van der Waals surface area contributed by atoms with Crippen LogP contribution in [0.15, 0.2) is 42.5 Å². The zero-order chi connectivity index (χ0) is 16.5. The van der Waals surface area contributed by atoms with E-state index >= 15 is 0 Å². The molecule has 6 nitrogen and oxygen atoms in total. The minimum absolute atomic E-state index is 0.119.